The molecule has 0 spiro atoms. The van der Waals surface area contributed by atoms with Crippen LogP contribution in [0.2, 0.25) is 5.02 Å². The van der Waals surface area contributed by atoms with Crippen LogP contribution in [0.5, 0.6) is 0 Å². The number of nitrogen functional groups attached to an aromatic ring is 1. The van der Waals surface area contributed by atoms with Gasteiger partial charge in [-0.3, -0.25) is 4.79 Å². The Hall–Kier alpha value is -1.59. The number of carbonyl (C=O) groups is 1. The summed E-state index contributed by atoms with van der Waals surface area (Å²) in [6.45, 7) is 0. The highest BCUT2D eigenvalue weighted by Crippen LogP contribution is 2.29. The van der Waals surface area contributed by atoms with E-state index in [1.807, 2.05) is 0 Å². The summed E-state index contributed by atoms with van der Waals surface area (Å²) in [5, 5.41) is 2.89. The van der Waals surface area contributed by atoms with Gasteiger partial charge in [0.2, 0.25) is 0 Å². The molecule has 0 saturated heterocycles. The first-order chi connectivity index (χ1) is 8.99. The third-order valence-corrected chi connectivity index (χ3v) is 3.46. The van der Waals surface area contributed by atoms with Crippen molar-refractivity contribution < 1.29 is 9.18 Å². The van der Waals surface area contributed by atoms with Gasteiger partial charge in [-0.2, -0.15) is 0 Å². The lowest BCUT2D eigenvalue weighted by atomic mass is 10.2. The van der Waals surface area contributed by atoms with Crippen molar-refractivity contribution >= 4 is 44.8 Å². The first-order valence-corrected chi connectivity index (χ1v) is 6.46. The maximum atomic E-state index is 13.2. The van der Waals surface area contributed by atoms with Crippen molar-refractivity contribution in [3.05, 3.63) is 57.3 Å². The summed E-state index contributed by atoms with van der Waals surface area (Å²) in [6.07, 6.45) is 0. The lowest BCUT2D eigenvalue weighted by molar-refractivity contribution is 0.102. The van der Waals surface area contributed by atoms with E-state index >= 15 is 0 Å². The summed E-state index contributed by atoms with van der Waals surface area (Å²) in [7, 11) is 0. The standard InChI is InChI=1S/C13H9BrClFN2O/c14-9-5-4-7(16)6-8(9)13(19)18-12-10(15)2-1-3-11(12)17/h1-6H,17H2,(H,18,19). The van der Waals surface area contributed by atoms with Crippen LogP contribution in [-0.4, -0.2) is 5.91 Å². The first-order valence-electron chi connectivity index (χ1n) is 5.29. The molecule has 0 fully saturated rings. The van der Waals surface area contributed by atoms with Crippen LogP contribution < -0.4 is 11.1 Å². The number of para-hydroxylation sites is 1. The fourth-order valence-electron chi connectivity index (χ4n) is 1.53. The van der Waals surface area contributed by atoms with Crippen molar-refractivity contribution in [1.29, 1.82) is 0 Å². The van der Waals surface area contributed by atoms with Gasteiger partial charge >= 0.3 is 0 Å². The lowest BCUT2D eigenvalue weighted by Crippen LogP contribution is -2.14. The molecule has 2 aromatic rings. The maximum Gasteiger partial charge on any atom is 0.257 e. The summed E-state index contributed by atoms with van der Waals surface area (Å²) in [5.41, 5.74) is 6.55. The monoisotopic (exact) mass is 342 g/mol. The van der Waals surface area contributed by atoms with Crippen LogP contribution in [-0.2, 0) is 0 Å². The van der Waals surface area contributed by atoms with Crippen LogP contribution in [0.1, 0.15) is 10.4 Å². The highest BCUT2D eigenvalue weighted by molar-refractivity contribution is 9.10. The van der Waals surface area contributed by atoms with Crippen molar-refractivity contribution in [2.45, 2.75) is 0 Å². The third-order valence-electron chi connectivity index (χ3n) is 2.46. The average molecular weight is 344 g/mol. The van der Waals surface area contributed by atoms with Gasteiger partial charge < -0.3 is 11.1 Å². The van der Waals surface area contributed by atoms with Gasteiger partial charge in [-0.1, -0.05) is 17.7 Å². The van der Waals surface area contributed by atoms with E-state index < -0.39 is 11.7 Å². The van der Waals surface area contributed by atoms with E-state index in [1.54, 1.807) is 18.2 Å². The number of hydrogen-bond acceptors (Lipinski definition) is 2. The zero-order chi connectivity index (χ0) is 14.0. The van der Waals surface area contributed by atoms with Gasteiger partial charge in [0.25, 0.3) is 5.91 Å². The SMILES string of the molecule is Nc1cccc(Cl)c1NC(=O)c1cc(F)ccc1Br. The van der Waals surface area contributed by atoms with Crippen molar-refractivity contribution in [1.82, 2.24) is 0 Å². The molecule has 19 heavy (non-hydrogen) atoms. The Morgan fingerprint density at radius 3 is 2.74 bits per heavy atom. The number of nitrogens with two attached hydrogens (primary N) is 1. The molecule has 0 bridgehead atoms. The molecule has 0 aliphatic carbocycles. The maximum absolute atomic E-state index is 13.2. The fourth-order valence-corrected chi connectivity index (χ4v) is 2.18. The molecule has 0 atom stereocenters. The number of anilines is 2. The van der Waals surface area contributed by atoms with E-state index in [4.69, 9.17) is 17.3 Å². The van der Waals surface area contributed by atoms with Gasteiger partial charge in [-0.05, 0) is 46.3 Å². The molecule has 3 nitrogen and oxygen atoms in total. The van der Waals surface area contributed by atoms with Crippen molar-refractivity contribution in [2.24, 2.45) is 0 Å². The zero-order valence-corrected chi connectivity index (χ0v) is 11.9. The van der Waals surface area contributed by atoms with E-state index in [0.717, 1.165) is 6.07 Å². The topological polar surface area (TPSA) is 55.1 Å². The zero-order valence-electron chi connectivity index (χ0n) is 9.58. The summed E-state index contributed by atoms with van der Waals surface area (Å²) < 4.78 is 13.6. The van der Waals surface area contributed by atoms with E-state index in [-0.39, 0.29) is 5.56 Å². The lowest BCUT2D eigenvalue weighted by Gasteiger charge is -2.10. The Balaban J connectivity index is 2.34. The number of carbonyl (C=O) groups excluding carboxylic acids is 1. The first kappa shape index (κ1) is 13.8. The molecule has 1 amide bonds. The van der Waals surface area contributed by atoms with Crippen molar-refractivity contribution in [2.75, 3.05) is 11.1 Å². The third kappa shape index (κ3) is 3.05. The minimum atomic E-state index is -0.500. The van der Waals surface area contributed by atoms with Crippen molar-refractivity contribution in [3.63, 3.8) is 0 Å². The van der Waals surface area contributed by atoms with Crippen LogP contribution in [0.3, 0.4) is 0 Å². The molecule has 0 saturated carbocycles. The molecule has 0 heterocycles. The van der Waals surface area contributed by atoms with Crippen LogP contribution in [0.4, 0.5) is 15.8 Å². The second kappa shape index (κ2) is 5.59. The van der Waals surface area contributed by atoms with E-state index in [0.29, 0.717) is 20.9 Å². The van der Waals surface area contributed by atoms with Gasteiger partial charge in [0, 0.05) is 4.47 Å². The van der Waals surface area contributed by atoms with E-state index in [1.165, 1.54) is 12.1 Å². The molecule has 2 rings (SSSR count). The molecular weight excluding hydrogens is 335 g/mol. The molecule has 0 aliphatic heterocycles. The van der Waals surface area contributed by atoms with Gasteiger partial charge in [0.1, 0.15) is 5.82 Å². The highest BCUT2D eigenvalue weighted by atomic mass is 79.9. The smallest absolute Gasteiger partial charge is 0.257 e. The van der Waals surface area contributed by atoms with E-state index in [9.17, 15) is 9.18 Å². The van der Waals surface area contributed by atoms with Crippen LogP contribution >= 0.6 is 27.5 Å². The number of halogens is 3. The summed E-state index contributed by atoms with van der Waals surface area (Å²) in [6, 6.07) is 8.74. The molecule has 0 unspecified atom stereocenters. The number of rotatable bonds is 2. The predicted molar refractivity (Wildman–Crippen MR) is 77.9 cm³/mol. The molecule has 3 N–H and O–H groups in total. The minimum absolute atomic E-state index is 0.166. The summed E-state index contributed by atoms with van der Waals surface area (Å²) in [4.78, 5) is 12.1. The Morgan fingerprint density at radius 2 is 2.05 bits per heavy atom. The molecule has 2 aromatic carbocycles. The molecule has 0 aliphatic rings. The van der Waals surface area contributed by atoms with Gasteiger partial charge in [-0.15, -0.1) is 0 Å². The number of benzene rings is 2. The second-order valence-corrected chi connectivity index (χ2v) is 5.04. The highest BCUT2D eigenvalue weighted by Gasteiger charge is 2.14. The predicted octanol–water partition coefficient (Wildman–Crippen LogP) is 4.08. The second-order valence-electron chi connectivity index (χ2n) is 3.78. The largest absolute Gasteiger partial charge is 0.397 e. The van der Waals surface area contributed by atoms with Crippen molar-refractivity contribution in [3.8, 4) is 0 Å². The van der Waals surface area contributed by atoms with E-state index in [2.05, 4.69) is 21.2 Å². The molecule has 0 aromatic heterocycles. The molecule has 98 valence electrons. The number of hydrogen-bond donors (Lipinski definition) is 2. The van der Waals surface area contributed by atoms with Gasteiger partial charge in [0.05, 0.1) is 22.0 Å². The normalized spacial score (nSPS) is 10.3. The summed E-state index contributed by atoms with van der Waals surface area (Å²) >= 11 is 9.14. The average Bonchev–Trinajstić information content (AvgIpc) is 2.37. The minimum Gasteiger partial charge on any atom is -0.397 e. The Kier molecular flexibility index (Phi) is 4.07. The van der Waals surface area contributed by atoms with Crippen LogP contribution in [0.15, 0.2) is 40.9 Å². The number of amides is 1. The van der Waals surface area contributed by atoms with Gasteiger partial charge in [-0.25, -0.2) is 4.39 Å². The molecule has 6 heteroatoms. The van der Waals surface area contributed by atoms with Crippen LogP contribution in [0.25, 0.3) is 0 Å². The Morgan fingerprint density at radius 1 is 1.32 bits per heavy atom. The van der Waals surface area contributed by atoms with Crippen LogP contribution in [0, 0.1) is 5.82 Å². The Labute approximate surface area is 122 Å². The fraction of sp³-hybridized carbons (Fsp3) is 0. The molecular formula is C13H9BrClFN2O. The van der Waals surface area contributed by atoms with Gasteiger partial charge in [0.15, 0.2) is 0 Å². The number of nitrogens with one attached hydrogen (secondary N) is 1. The quantitative estimate of drug-likeness (QED) is 0.807. The molecule has 0 radical (unpaired) electrons. The summed E-state index contributed by atoms with van der Waals surface area (Å²) in [5.74, 6) is -0.994. The Bertz CT molecular complexity index is 628.